The van der Waals surface area contributed by atoms with Crippen molar-refractivity contribution < 1.29 is 9.90 Å². The molecule has 6 nitrogen and oxygen atoms in total. The molecule has 0 saturated carbocycles. The van der Waals surface area contributed by atoms with Crippen molar-refractivity contribution in [3.63, 3.8) is 0 Å². The minimum atomic E-state index is -0.941. The van der Waals surface area contributed by atoms with Crippen LogP contribution in [0.3, 0.4) is 0 Å². The number of carboxylic acids is 1. The molecular formula is C16H20N4O2. The lowest BCUT2D eigenvalue weighted by Gasteiger charge is -2.30. The van der Waals surface area contributed by atoms with Gasteiger partial charge in [0.15, 0.2) is 0 Å². The van der Waals surface area contributed by atoms with Crippen LogP contribution in [-0.2, 0) is 0 Å². The number of piperazine rings is 1. The molecule has 1 aromatic heterocycles. The van der Waals surface area contributed by atoms with Gasteiger partial charge in [0.25, 0.3) is 0 Å². The van der Waals surface area contributed by atoms with E-state index in [2.05, 4.69) is 21.4 Å². The van der Waals surface area contributed by atoms with Crippen LogP contribution in [-0.4, -0.2) is 47.0 Å². The highest BCUT2D eigenvalue weighted by atomic mass is 16.4. The first-order valence-corrected chi connectivity index (χ1v) is 7.42. The molecule has 0 radical (unpaired) electrons. The Kier molecular flexibility index (Phi) is 3.85. The number of hydrogen-bond acceptors (Lipinski definition) is 4. The second-order valence-electron chi connectivity index (χ2n) is 5.68. The van der Waals surface area contributed by atoms with Crippen molar-refractivity contribution in [1.82, 2.24) is 15.1 Å². The molecule has 6 heteroatoms. The highest BCUT2D eigenvalue weighted by molar-refractivity contribution is 5.93. The van der Waals surface area contributed by atoms with Gasteiger partial charge in [0.05, 0.1) is 11.9 Å². The quantitative estimate of drug-likeness (QED) is 0.901. The zero-order chi connectivity index (χ0) is 15.7. The van der Waals surface area contributed by atoms with Crippen LogP contribution in [0, 0.1) is 13.8 Å². The first kappa shape index (κ1) is 14.6. The molecule has 0 unspecified atom stereocenters. The van der Waals surface area contributed by atoms with Gasteiger partial charge in [-0.15, -0.1) is 0 Å². The predicted molar refractivity (Wildman–Crippen MR) is 85.1 cm³/mol. The Bertz CT molecular complexity index is 682. The molecule has 0 spiro atoms. The number of anilines is 1. The summed E-state index contributed by atoms with van der Waals surface area (Å²) in [5.74, 6) is -0.275. The minimum absolute atomic E-state index is 0.251. The molecule has 1 fully saturated rings. The Morgan fingerprint density at radius 1 is 1.18 bits per heavy atom. The van der Waals surface area contributed by atoms with E-state index in [0.717, 1.165) is 43.0 Å². The Morgan fingerprint density at radius 3 is 2.41 bits per heavy atom. The van der Waals surface area contributed by atoms with Crippen molar-refractivity contribution in [1.29, 1.82) is 0 Å². The summed E-state index contributed by atoms with van der Waals surface area (Å²) in [7, 11) is 0. The number of nitrogens with zero attached hydrogens (tertiary/aromatic N) is 3. The van der Waals surface area contributed by atoms with Gasteiger partial charge in [-0.1, -0.05) is 6.07 Å². The highest BCUT2D eigenvalue weighted by Gasteiger charge is 2.24. The molecule has 3 rings (SSSR count). The molecule has 1 aromatic carbocycles. The third kappa shape index (κ3) is 2.69. The van der Waals surface area contributed by atoms with Gasteiger partial charge in [-0.05, 0) is 37.1 Å². The lowest BCUT2D eigenvalue weighted by atomic mass is 10.1. The maximum absolute atomic E-state index is 11.5. The van der Waals surface area contributed by atoms with Crippen molar-refractivity contribution >= 4 is 11.8 Å². The molecule has 2 aromatic rings. The van der Waals surface area contributed by atoms with Crippen LogP contribution in [0.15, 0.2) is 24.4 Å². The van der Waals surface area contributed by atoms with E-state index in [9.17, 15) is 9.90 Å². The fraction of sp³-hybridized carbons (Fsp3) is 0.375. The van der Waals surface area contributed by atoms with E-state index in [1.807, 2.05) is 26.0 Å². The van der Waals surface area contributed by atoms with E-state index < -0.39 is 5.97 Å². The highest BCUT2D eigenvalue weighted by Crippen LogP contribution is 2.26. The molecule has 1 aliphatic rings. The number of carbonyl (C=O) groups is 1. The second kappa shape index (κ2) is 5.81. The minimum Gasteiger partial charge on any atom is -0.477 e. The van der Waals surface area contributed by atoms with Crippen molar-refractivity contribution in [2.24, 2.45) is 0 Å². The van der Waals surface area contributed by atoms with Gasteiger partial charge < -0.3 is 15.3 Å². The Hall–Kier alpha value is -2.34. The van der Waals surface area contributed by atoms with Gasteiger partial charge in [0.1, 0.15) is 11.4 Å². The van der Waals surface area contributed by atoms with Gasteiger partial charge in [-0.2, -0.15) is 5.10 Å². The van der Waals surface area contributed by atoms with Crippen LogP contribution < -0.4 is 10.2 Å². The number of aromatic nitrogens is 2. The monoisotopic (exact) mass is 300 g/mol. The summed E-state index contributed by atoms with van der Waals surface area (Å²) in [5.41, 5.74) is 3.42. The Morgan fingerprint density at radius 2 is 1.82 bits per heavy atom. The maximum atomic E-state index is 11.5. The summed E-state index contributed by atoms with van der Waals surface area (Å²) in [6.07, 6.45) is 1.44. The first-order valence-electron chi connectivity index (χ1n) is 7.42. The van der Waals surface area contributed by atoms with E-state index >= 15 is 0 Å². The lowest BCUT2D eigenvalue weighted by Crippen LogP contribution is -2.44. The first-order chi connectivity index (χ1) is 10.6. The van der Waals surface area contributed by atoms with E-state index in [4.69, 9.17) is 0 Å². The normalized spacial score (nSPS) is 15.1. The summed E-state index contributed by atoms with van der Waals surface area (Å²) in [5, 5.41) is 17.1. The predicted octanol–water partition coefficient (Wildman–Crippen LogP) is 1.60. The van der Waals surface area contributed by atoms with E-state index in [-0.39, 0.29) is 5.56 Å². The van der Waals surface area contributed by atoms with E-state index in [1.165, 1.54) is 6.20 Å². The molecule has 22 heavy (non-hydrogen) atoms. The third-order valence-corrected chi connectivity index (χ3v) is 3.84. The number of benzene rings is 1. The molecule has 1 aliphatic heterocycles. The van der Waals surface area contributed by atoms with E-state index in [0.29, 0.717) is 5.82 Å². The topological polar surface area (TPSA) is 70.4 Å². The van der Waals surface area contributed by atoms with Gasteiger partial charge in [0, 0.05) is 26.2 Å². The standard InChI is InChI=1S/C16H20N4O2/c1-11-7-12(2)9-13(8-11)20-15(14(10-18-20)16(21)22)19-5-3-17-4-6-19/h7-10,17H,3-6H2,1-2H3,(H,21,22). The fourth-order valence-corrected chi connectivity index (χ4v) is 2.94. The largest absolute Gasteiger partial charge is 0.477 e. The van der Waals surface area contributed by atoms with Crippen molar-refractivity contribution in [2.45, 2.75) is 13.8 Å². The van der Waals surface area contributed by atoms with Crippen LogP contribution in [0.5, 0.6) is 0 Å². The number of rotatable bonds is 3. The Balaban J connectivity index is 2.12. The maximum Gasteiger partial charge on any atom is 0.341 e. The third-order valence-electron chi connectivity index (χ3n) is 3.84. The molecule has 1 saturated heterocycles. The lowest BCUT2D eigenvalue weighted by molar-refractivity contribution is 0.0697. The smallest absolute Gasteiger partial charge is 0.341 e. The van der Waals surface area contributed by atoms with Crippen LogP contribution >= 0.6 is 0 Å². The number of carboxylic acid groups (broad SMARTS) is 1. The molecule has 2 heterocycles. The van der Waals surface area contributed by atoms with Crippen molar-refractivity contribution in [3.8, 4) is 5.69 Å². The van der Waals surface area contributed by atoms with Gasteiger partial charge in [0.2, 0.25) is 0 Å². The molecule has 2 N–H and O–H groups in total. The average molecular weight is 300 g/mol. The number of aromatic carboxylic acids is 1. The van der Waals surface area contributed by atoms with Crippen molar-refractivity contribution in [3.05, 3.63) is 41.1 Å². The van der Waals surface area contributed by atoms with Gasteiger partial charge >= 0.3 is 5.97 Å². The Labute approximate surface area is 129 Å². The van der Waals surface area contributed by atoms with Crippen molar-refractivity contribution in [2.75, 3.05) is 31.1 Å². The van der Waals surface area contributed by atoms with Gasteiger partial charge in [-0.3, -0.25) is 0 Å². The fourth-order valence-electron chi connectivity index (χ4n) is 2.94. The van der Waals surface area contributed by atoms with Crippen LogP contribution in [0.2, 0.25) is 0 Å². The zero-order valence-electron chi connectivity index (χ0n) is 12.8. The molecule has 0 atom stereocenters. The average Bonchev–Trinajstić information content (AvgIpc) is 2.92. The van der Waals surface area contributed by atoms with Crippen LogP contribution in [0.4, 0.5) is 5.82 Å². The molecule has 0 amide bonds. The number of aryl methyl sites for hydroxylation is 2. The van der Waals surface area contributed by atoms with Crippen LogP contribution in [0.1, 0.15) is 21.5 Å². The number of nitrogens with one attached hydrogen (secondary N) is 1. The SMILES string of the molecule is Cc1cc(C)cc(-n2ncc(C(=O)O)c2N2CCNCC2)c1. The summed E-state index contributed by atoms with van der Waals surface area (Å²) >= 11 is 0. The molecular weight excluding hydrogens is 280 g/mol. The van der Waals surface area contributed by atoms with E-state index in [1.54, 1.807) is 4.68 Å². The van der Waals surface area contributed by atoms with Crippen LogP contribution in [0.25, 0.3) is 5.69 Å². The summed E-state index contributed by atoms with van der Waals surface area (Å²) in [6, 6.07) is 6.14. The summed E-state index contributed by atoms with van der Waals surface area (Å²) in [6.45, 7) is 7.30. The molecule has 116 valence electrons. The molecule has 0 aliphatic carbocycles. The summed E-state index contributed by atoms with van der Waals surface area (Å²) in [4.78, 5) is 13.6. The zero-order valence-corrected chi connectivity index (χ0v) is 12.8. The van der Waals surface area contributed by atoms with Gasteiger partial charge in [-0.25, -0.2) is 9.48 Å². The summed E-state index contributed by atoms with van der Waals surface area (Å²) < 4.78 is 1.74. The second-order valence-corrected chi connectivity index (χ2v) is 5.68. The number of hydrogen-bond donors (Lipinski definition) is 2. The molecule has 0 bridgehead atoms.